The summed E-state index contributed by atoms with van der Waals surface area (Å²) in [6.07, 6.45) is 1.20. The summed E-state index contributed by atoms with van der Waals surface area (Å²) in [6, 6.07) is 8.22. The lowest BCUT2D eigenvalue weighted by atomic mass is 10.1. The van der Waals surface area contributed by atoms with E-state index in [0.29, 0.717) is 12.6 Å². The molecule has 2 N–H and O–H groups in total. The minimum Gasteiger partial charge on any atom is -0.351 e. The topological polar surface area (TPSA) is 44.4 Å². The third-order valence-electron chi connectivity index (χ3n) is 3.55. The molecule has 4 nitrogen and oxygen atoms in total. The summed E-state index contributed by atoms with van der Waals surface area (Å²) >= 11 is 0. The molecule has 19 heavy (non-hydrogen) atoms. The number of likely N-dealkylation sites (N-methyl/N-ethyl adjacent to an activating group) is 1. The SMILES string of the molecule is Cc1ccc(C(=O)NCCNC2CCN(C)C2)cc1. The average molecular weight is 261 g/mol. The number of nitrogens with one attached hydrogen (secondary N) is 2. The van der Waals surface area contributed by atoms with Gasteiger partial charge in [-0.2, -0.15) is 0 Å². The minimum atomic E-state index is 0.00494. The maximum absolute atomic E-state index is 11.9. The summed E-state index contributed by atoms with van der Waals surface area (Å²) < 4.78 is 0. The van der Waals surface area contributed by atoms with Gasteiger partial charge in [0.1, 0.15) is 0 Å². The van der Waals surface area contributed by atoms with E-state index in [0.717, 1.165) is 25.2 Å². The van der Waals surface area contributed by atoms with Crippen molar-refractivity contribution in [1.29, 1.82) is 0 Å². The minimum absolute atomic E-state index is 0.00494. The van der Waals surface area contributed by atoms with Crippen LogP contribution in [-0.4, -0.2) is 50.1 Å². The van der Waals surface area contributed by atoms with Crippen LogP contribution in [-0.2, 0) is 0 Å². The number of aryl methyl sites for hydroxylation is 1. The third kappa shape index (κ3) is 4.33. The van der Waals surface area contributed by atoms with Gasteiger partial charge in [-0.1, -0.05) is 17.7 Å². The zero-order valence-corrected chi connectivity index (χ0v) is 11.8. The maximum Gasteiger partial charge on any atom is 0.251 e. The first-order valence-corrected chi connectivity index (χ1v) is 6.92. The van der Waals surface area contributed by atoms with E-state index in [9.17, 15) is 4.79 Å². The van der Waals surface area contributed by atoms with E-state index in [1.165, 1.54) is 12.0 Å². The van der Waals surface area contributed by atoms with Gasteiger partial charge in [-0.25, -0.2) is 0 Å². The Morgan fingerprint density at radius 1 is 1.32 bits per heavy atom. The van der Waals surface area contributed by atoms with Crippen molar-refractivity contribution in [3.8, 4) is 0 Å². The van der Waals surface area contributed by atoms with Gasteiger partial charge in [-0.3, -0.25) is 4.79 Å². The van der Waals surface area contributed by atoms with E-state index in [1.54, 1.807) is 0 Å². The van der Waals surface area contributed by atoms with Crippen molar-refractivity contribution in [2.24, 2.45) is 0 Å². The predicted molar refractivity (Wildman–Crippen MR) is 77.4 cm³/mol. The molecule has 4 heteroatoms. The van der Waals surface area contributed by atoms with Crippen LogP contribution in [0.1, 0.15) is 22.3 Å². The molecule has 1 atom stereocenters. The lowest BCUT2D eigenvalue weighted by Gasteiger charge is -2.13. The Morgan fingerprint density at radius 3 is 2.68 bits per heavy atom. The molecular formula is C15H23N3O. The average Bonchev–Trinajstić information content (AvgIpc) is 2.81. The van der Waals surface area contributed by atoms with Crippen molar-refractivity contribution >= 4 is 5.91 Å². The summed E-state index contributed by atoms with van der Waals surface area (Å²) in [7, 11) is 2.14. The number of benzene rings is 1. The van der Waals surface area contributed by atoms with Gasteiger partial charge in [0.05, 0.1) is 0 Å². The zero-order valence-electron chi connectivity index (χ0n) is 11.8. The van der Waals surface area contributed by atoms with E-state index in [1.807, 2.05) is 31.2 Å². The van der Waals surface area contributed by atoms with Crippen LogP contribution < -0.4 is 10.6 Å². The molecule has 1 amide bonds. The standard InChI is InChI=1S/C15H23N3O/c1-12-3-5-13(6-4-12)15(19)17-9-8-16-14-7-10-18(2)11-14/h3-6,14,16H,7-11H2,1-2H3,(H,17,19). The van der Waals surface area contributed by atoms with Crippen molar-refractivity contribution in [1.82, 2.24) is 15.5 Å². The van der Waals surface area contributed by atoms with Crippen LogP contribution in [0.25, 0.3) is 0 Å². The van der Waals surface area contributed by atoms with E-state index in [2.05, 4.69) is 22.6 Å². The predicted octanol–water partition coefficient (Wildman–Crippen LogP) is 1.02. The van der Waals surface area contributed by atoms with E-state index in [-0.39, 0.29) is 5.91 Å². The Bertz CT molecular complexity index is 416. The van der Waals surface area contributed by atoms with E-state index < -0.39 is 0 Å². The number of hydrogen-bond donors (Lipinski definition) is 2. The Kier molecular flexibility index (Phi) is 4.93. The fourth-order valence-electron chi connectivity index (χ4n) is 2.36. The summed E-state index contributed by atoms with van der Waals surface area (Å²) in [5, 5.41) is 6.41. The number of nitrogens with zero attached hydrogens (tertiary/aromatic N) is 1. The van der Waals surface area contributed by atoms with E-state index in [4.69, 9.17) is 0 Å². The lowest BCUT2D eigenvalue weighted by molar-refractivity contribution is 0.0953. The van der Waals surface area contributed by atoms with E-state index >= 15 is 0 Å². The van der Waals surface area contributed by atoms with Crippen LogP contribution in [0.2, 0.25) is 0 Å². The molecule has 1 aliphatic heterocycles. The van der Waals surface area contributed by atoms with Gasteiger partial charge in [0.2, 0.25) is 0 Å². The van der Waals surface area contributed by atoms with Crippen LogP contribution in [0.15, 0.2) is 24.3 Å². The first kappa shape index (κ1) is 14.0. The smallest absolute Gasteiger partial charge is 0.251 e. The second-order valence-corrected chi connectivity index (χ2v) is 5.32. The molecule has 1 unspecified atom stereocenters. The molecule has 104 valence electrons. The van der Waals surface area contributed by atoms with Crippen LogP contribution in [0, 0.1) is 6.92 Å². The molecule has 1 heterocycles. The van der Waals surface area contributed by atoms with Crippen molar-refractivity contribution < 1.29 is 4.79 Å². The number of rotatable bonds is 5. The highest BCUT2D eigenvalue weighted by Crippen LogP contribution is 2.05. The monoisotopic (exact) mass is 261 g/mol. The molecule has 1 fully saturated rings. The molecule has 1 saturated heterocycles. The molecule has 2 rings (SSSR count). The number of hydrogen-bond acceptors (Lipinski definition) is 3. The number of amides is 1. The number of carbonyl (C=O) groups is 1. The normalized spacial score (nSPS) is 19.6. The first-order valence-electron chi connectivity index (χ1n) is 6.92. The molecule has 0 saturated carbocycles. The highest BCUT2D eigenvalue weighted by molar-refractivity contribution is 5.94. The maximum atomic E-state index is 11.9. The molecule has 1 aliphatic rings. The lowest BCUT2D eigenvalue weighted by Crippen LogP contribution is -2.38. The molecule has 0 radical (unpaired) electrons. The summed E-state index contributed by atoms with van der Waals surface area (Å²) in [5.74, 6) is 0.00494. The zero-order chi connectivity index (χ0) is 13.7. The second kappa shape index (κ2) is 6.68. The largest absolute Gasteiger partial charge is 0.351 e. The van der Waals surface area contributed by atoms with Crippen LogP contribution >= 0.6 is 0 Å². The van der Waals surface area contributed by atoms with Gasteiger partial charge >= 0.3 is 0 Å². The Balaban J connectivity index is 1.65. The van der Waals surface area contributed by atoms with Gasteiger partial charge in [0.15, 0.2) is 0 Å². The van der Waals surface area contributed by atoms with Gasteiger partial charge < -0.3 is 15.5 Å². The first-order chi connectivity index (χ1) is 9.15. The van der Waals surface area contributed by atoms with Crippen molar-refractivity contribution in [2.75, 3.05) is 33.2 Å². The highest BCUT2D eigenvalue weighted by Gasteiger charge is 2.18. The second-order valence-electron chi connectivity index (χ2n) is 5.32. The molecular weight excluding hydrogens is 238 g/mol. The molecule has 1 aromatic rings. The fraction of sp³-hybridized carbons (Fsp3) is 0.533. The molecule has 0 aromatic heterocycles. The summed E-state index contributed by atoms with van der Waals surface area (Å²) in [5.41, 5.74) is 1.90. The van der Waals surface area contributed by atoms with Gasteiger partial charge in [-0.15, -0.1) is 0 Å². The number of likely N-dealkylation sites (tertiary alicyclic amines) is 1. The number of carbonyl (C=O) groups excluding carboxylic acids is 1. The van der Waals surface area contributed by atoms with Crippen LogP contribution in [0.4, 0.5) is 0 Å². The molecule has 0 bridgehead atoms. The van der Waals surface area contributed by atoms with Crippen LogP contribution in [0.3, 0.4) is 0 Å². The van der Waals surface area contributed by atoms with Gasteiger partial charge in [0.25, 0.3) is 5.91 Å². The Labute approximate surface area is 115 Å². The van der Waals surface area contributed by atoms with Crippen molar-refractivity contribution in [3.05, 3.63) is 35.4 Å². The molecule has 0 spiro atoms. The van der Waals surface area contributed by atoms with Crippen LogP contribution in [0.5, 0.6) is 0 Å². The fourth-order valence-corrected chi connectivity index (χ4v) is 2.36. The summed E-state index contributed by atoms with van der Waals surface area (Å²) in [6.45, 7) is 5.78. The quantitative estimate of drug-likeness (QED) is 0.778. The molecule has 1 aromatic carbocycles. The van der Waals surface area contributed by atoms with Gasteiger partial charge in [0, 0.05) is 31.2 Å². The summed E-state index contributed by atoms with van der Waals surface area (Å²) in [4.78, 5) is 14.2. The van der Waals surface area contributed by atoms with Crippen molar-refractivity contribution in [3.63, 3.8) is 0 Å². The highest BCUT2D eigenvalue weighted by atomic mass is 16.1. The third-order valence-corrected chi connectivity index (χ3v) is 3.55. The van der Waals surface area contributed by atoms with Gasteiger partial charge in [-0.05, 0) is 39.1 Å². The Hall–Kier alpha value is -1.39. The van der Waals surface area contributed by atoms with Crippen molar-refractivity contribution in [2.45, 2.75) is 19.4 Å². The molecule has 0 aliphatic carbocycles. The Morgan fingerprint density at radius 2 is 2.05 bits per heavy atom.